The molecule has 18 heavy (non-hydrogen) atoms. The second-order valence-corrected chi connectivity index (χ2v) is 5.12. The lowest BCUT2D eigenvalue weighted by atomic mass is 10.2. The molecule has 94 valence electrons. The van der Waals surface area contributed by atoms with Gasteiger partial charge in [0.25, 0.3) is 15.9 Å². The Balaban J connectivity index is 2.59. The SMILES string of the molecule is COC(=O)C(=O)N1C(=O)c2ccccc2S1(=O)=O. The zero-order valence-electron chi connectivity index (χ0n) is 9.11. The van der Waals surface area contributed by atoms with E-state index in [1.165, 1.54) is 24.3 Å². The van der Waals surface area contributed by atoms with Gasteiger partial charge in [-0.1, -0.05) is 12.1 Å². The average Bonchev–Trinajstić information content (AvgIpc) is 2.56. The third-order valence-corrected chi connectivity index (χ3v) is 4.09. The van der Waals surface area contributed by atoms with Gasteiger partial charge in [-0.05, 0) is 12.1 Å². The second kappa shape index (κ2) is 3.91. The van der Waals surface area contributed by atoms with Crippen molar-refractivity contribution in [3.05, 3.63) is 29.8 Å². The number of benzene rings is 1. The molecular weight excluding hydrogens is 262 g/mol. The van der Waals surface area contributed by atoms with Crippen molar-refractivity contribution in [1.29, 1.82) is 0 Å². The summed E-state index contributed by atoms with van der Waals surface area (Å²) in [5.41, 5.74) is -0.144. The third-order valence-electron chi connectivity index (χ3n) is 2.36. The van der Waals surface area contributed by atoms with Crippen LogP contribution >= 0.6 is 0 Å². The first-order valence-electron chi connectivity index (χ1n) is 4.72. The van der Waals surface area contributed by atoms with Gasteiger partial charge >= 0.3 is 11.9 Å². The van der Waals surface area contributed by atoms with Crippen LogP contribution in [0.25, 0.3) is 0 Å². The Morgan fingerprint density at radius 1 is 1.22 bits per heavy atom. The molecule has 0 aromatic heterocycles. The molecule has 0 fully saturated rings. The summed E-state index contributed by atoms with van der Waals surface area (Å²) < 4.78 is 27.9. The maximum atomic E-state index is 11.9. The minimum Gasteiger partial charge on any atom is -0.462 e. The first kappa shape index (κ1) is 12.2. The highest BCUT2D eigenvalue weighted by Crippen LogP contribution is 2.29. The number of nitrogens with zero attached hydrogens (tertiary/aromatic N) is 1. The molecule has 1 heterocycles. The molecule has 0 bridgehead atoms. The van der Waals surface area contributed by atoms with Crippen LogP contribution in [0.2, 0.25) is 0 Å². The number of carbonyl (C=O) groups excluding carboxylic acids is 3. The molecule has 1 aliphatic heterocycles. The summed E-state index contributed by atoms with van der Waals surface area (Å²) in [6.45, 7) is 0. The number of methoxy groups -OCH3 is 1. The summed E-state index contributed by atoms with van der Waals surface area (Å²) in [5.74, 6) is -4.00. The Morgan fingerprint density at radius 2 is 1.83 bits per heavy atom. The number of ether oxygens (including phenoxy) is 1. The number of carbonyl (C=O) groups is 3. The molecule has 7 nitrogen and oxygen atoms in total. The van der Waals surface area contributed by atoms with E-state index >= 15 is 0 Å². The van der Waals surface area contributed by atoms with E-state index < -0.39 is 27.8 Å². The minimum absolute atomic E-state index is 0.0799. The predicted octanol–water partition coefficient (Wildman–Crippen LogP) is -0.469. The molecular formula is C10H7NO6S. The lowest BCUT2D eigenvalue weighted by Gasteiger charge is -2.10. The van der Waals surface area contributed by atoms with Crippen LogP contribution in [0.15, 0.2) is 29.2 Å². The van der Waals surface area contributed by atoms with Crippen molar-refractivity contribution >= 4 is 27.8 Å². The Morgan fingerprint density at radius 3 is 2.39 bits per heavy atom. The molecule has 0 saturated carbocycles. The summed E-state index contributed by atoms with van der Waals surface area (Å²) in [7, 11) is -3.40. The van der Waals surface area contributed by atoms with E-state index in [9.17, 15) is 22.8 Å². The smallest absolute Gasteiger partial charge is 0.398 e. The minimum atomic E-state index is -4.32. The maximum Gasteiger partial charge on any atom is 0.398 e. The van der Waals surface area contributed by atoms with Crippen LogP contribution in [0.3, 0.4) is 0 Å². The van der Waals surface area contributed by atoms with Crippen molar-refractivity contribution in [1.82, 2.24) is 4.31 Å². The van der Waals surface area contributed by atoms with Gasteiger partial charge in [-0.15, -0.1) is 0 Å². The third kappa shape index (κ3) is 1.50. The van der Waals surface area contributed by atoms with E-state index in [4.69, 9.17) is 0 Å². The molecule has 1 aliphatic rings. The van der Waals surface area contributed by atoms with Gasteiger partial charge in [-0.3, -0.25) is 9.59 Å². The molecule has 2 amide bonds. The molecule has 0 saturated heterocycles. The number of hydrogen-bond acceptors (Lipinski definition) is 6. The standard InChI is InChI=1S/C10H7NO6S/c1-17-10(14)9(13)11-8(12)6-4-2-3-5-7(6)18(11,15)16/h2-5H,1H3. The number of esters is 1. The Hall–Kier alpha value is -2.22. The van der Waals surface area contributed by atoms with Crippen molar-refractivity contribution in [2.45, 2.75) is 4.90 Å². The van der Waals surface area contributed by atoms with Crippen molar-refractivity contribution in [3.63, 3.8) is 0 Å². The van der Waals surface area contributed by atoms with E-state index in [1.807, 2.05) is 0 Å². The van der Waals surface area contributed by atoms with E-state index in [-0.39, 0.29) is 14.8 Å². The fourth-order valence-electron chi connectivity index (χ4n) is 1.56. The lowest BCUT2D eigenvalue weighted by molar-refractivity contribution is -0.154. The fourth-order valence-corrected chi connectivity index (χ4v) is 3.05. The Kier molecular flexibility index (Phi) is 2.66. The van der Waals surface area contributed by atoms with Crippen LogP contribution in [-0.4, -0.2) is 37.6 Å². The maximum absolute atomic E-state index is 11.9. The Labute approximate surface area is 102 Å². The summed E-state index contributed by atoms with van der Waals surface area (Å²) in [6, 6.07) is 5.32. The number of sulfonamides is 1. The van der Waals surface area contributed by atoms with Crippen LogP contribution in [0, 0.1) is 0 Å². The van der Waals surface area contributed by atoms with Gasteiger partial charge in [0.15, 0.2) is 0 Å². The van der Waals surface area contributed by atoms with Crippen LogP contribution < -0.4 is 0 Å². The van der Waals surface area contributed by atoms with Gasteiger partial charge in [0.1, 0.15) is 4.90 Å². The highest BCUT2D eigenvalue weighted by Gasteiger charge is 2.47. The van der Waals surface area contributed by atoms with Crippen molar-refractivity contribution in [2.75, 3.05) is 7.11 Å². The predicted molar refractivity (Wildman–Crippen MR) is 56.8 cm³/mol. The monoisotopic (exact) mass is 269 g/mol. The van der Waals surface area contributed by atoms with E-state index in [0.29, 0.717) is 0 Å². The van der Waals surface area contributed by atoms with Gasteiger partial charge in [0, 0.05) is 0 Å². The van der Waals surface area contributed by atoms with Gasteiger partial charge in [-0.25, -0.2) is 13.2 Å². The van der Waals surface area contributed by atoms with Crippen LogP contribution in [0.4, 0.5) is 0 Å². The zero-order valence-corrected chi connectivity index (χ0v) is 9.93. The molecule has 0 aliphatic carbocycles. The van der Waals surface area contributed by atoms with Crippen molar-refractivity contribution in [3.8, 4) is 0 Å². The number of amides is 2. The lowest BCUT2D eigenvalue weighted by Crippen LogP contribution is -2.41. The molecule has 0 atom stereocenters. The summed E-state index contributed by atoms with van der Waals surface area (Å²) in [6.07, 6.45) is 0. The molecule has 0 radical (unpaired) electrons. The number of hydrogen-bond donors (Lipinski definition) is 0. The van der Waals surface area contributed by atoms with Gasteiger partial charge in [0.2, 0.25) is 0 Å². The van der Waals surface area contributed by atoms with E-state index in [1.54, 1.807) is 0 Å². The topological polar surface area (TPSA) is 97.8 Å². The Bertz CT molecular complexity index is 663. The first-order chi connectivity index (χ1) is 8.41. The van der Waals surface area contributed by atoms with Crippen LogP contribution in [0.1, 0.15) is 10.4 Å². The molecule has 1 aromatic carbocycles. The van der Waals surface area contributed by atoms with Crippen LogP contribution in [0.5, 0.6) is 0 Å². The molecule has 1 aromatic rings. The zero-order chi connectivity index (χ0) is 13.5. The summed E-state index contributed by atoms with van der Waals surface area (Å²) in [5, 5.41) is 0. The van der Waals surface area contributed by atoms with Crippen molar-refractivity contribution in [2.24, 2.45) is 0 Å². The number of imide groups is 1. The molecule has 0 unspecified atom stereocenters. The molecule has 0 spiro atoms. The summed E-state index contributed by atoms with van der Waals surface area (Å²) >= 11 is 0. The number of rotatable bonds is 0. The number of fused-ring (bicyclic) bond motifs is 1. The highest BCUT2D eigenvalue weighted by atomic mass is 32.2. The van der Waals surface area contributed by atoms with Gasteiger partial charge in [-0.2, -0.15) is 4.31 Å². The molecule has 0 N–H and O–H groups in total. The molecule has 8 heteroatoms. The average molecular weight is 269 g/mol. The second-order valence-electron chi connectivity index (χ2n) is 3.37. The summed E-state index contributed by atoms with van der Waals surface area (Å²) in [4.78, 5) is 34.1. The largest absolute Gasteiger partial charge is 0.462 e. The first-order valence-corrected chi connectivity index (χ1v) is 6.16. The van der Waals surface area contributed by atoms with E-state index in [0.717, 1.165) is 7.11 Å². The normalized spacial score (nSPS) is 16.3. The highest BCUT2D eigenvalue weighted by molar-refractivity contribution is 7.91. The van der Waals surface area contributed by atoms with Gasteiger partial charge < -0.3 is 4.74 Å². The van der Waals surface area contributed by atoms with Crippen LogP contribution in [-0.2, 0) is 24.3 Å². The van der Waals surface area contributed by atoms with Crippen molar-refractivity contribution < 1.29 is 27.5 Å². The quantitative estimate of drug-likeness (QED) is 0.466. The molecule has 2 rings (SSSR count). The van der Waals surface area contributed by atoms with Gasteiger partial charge in [0.05, 0.1) is 12.7 Å². The fraction of sp³-hybridized carbons (Fsp3) is 0.100. The van der Waals surface area contributed by atoms with E-state index in [2.05, 4.69) is 4.74 Å².